The highest BCUT2D eigenvalue weighted by molar-refractivity contribution is 6.00. The zero-order valence-corrected chi connectivity index (χ0v) is 14.5. The third-order valence-electron chi connectivity index (χ3n) is 3.90. The molecular formula is C19H18N2O5. The zero-order valence-electron chi connectivity index (χ0n) is 14.5. The van der Waals surface area contributed by atoms with Crippen molar-refractivity contribution >= 4 is 22.8 Å². The lowest BCUT2D eigenvalue weighted by Crippen LogP contribution is -2.18. The third-order valence-corrected chi connectivity index (χ3v) is 3.90. The maximum absolute atomic E-state index is 12.4. The van der Waals surface area contributed by atoms with Crippen molar-refractivity contribution in [2.24, 2.45) is 0 Å². The first-order chi connectivity index (χ1) is 12.6. The van der Waals surface area contributed by atoms with E-state index >= 15 is 0 Å². The van der Waals surface area contributed by atoms with Gasteiger partial charge in [-0.15, -0.1) is 0 Å². The van der Waals surface area contributed by atoms with Crippen LogP contribution in [0.25, 0.3) is 11.0 Å². The zero-order chi connectivity index (χ0) is 18.5. The molecule has 0 aliphatic heterocycles. The van der Waals surface area contributed by atoms with Crippen LogP contribution in [0.15, 0.2) is 48.8 Å². The van der Waals surface area contributed by atoms with Crippen LogP contribution >= 0.6 is 0 Å². The van der Waals surface area contributed by atoms with Gasteiger partial charge in [-0.3, -0.25) is 9.59 Å². The van der Waals surface area contributed by atoms with Crippen LogP contribution in [0.5, 0.6) is 11.5 Å². The number of esters is 1. The number of rotatable bonds is 7. The number of aromatic nitrogens is 2. The summed E-state index contributed by atoms with van der Waals surface area (Å²) in [5.74, 6) is 0.0192. The van der Waals surface area contributed by atoms with E-state index in [1.165, 1.54) is 14.2 Å². The molecule has 0 N–H and O–H groups in total. The number of fused-ring (bicyclic) bond motifs is 1. The summed E-state index contributed by atoms with van der Waals surface area (Å²) >= 11 is 0. The van der Waals surface area contributed by atoms with Gasteiger partial charge in [0.05, 0.1) is 37.1 Å². The van der Waals surface area contributed by atoms with Crippen molar-refractivity contribution in [3.05, 3.63) is 54.4 Å². The summed E-state index contributed by atoms with van der Waals surface area (Å²) in [4.78, 5) is 28.7. The molecule has 0 bridgehead atoms. The second kappa shape index (κ2) is 7.69. The molecule has 0 radical (unpaired) electrons. The summed E-state index contributed by atoms with van der Waals surface area (Å²) in [5, 5.41) is 0. The molecular weight excluding hydrogens is 336 g/mol. The summed E-state index contributed by atoms with van der Waals surface area (Å²) in [6.07, 6.45) is 1.57. The van der Waals surface area contributed by atoms with E-state index < -0.39 is 5.97 Å². The van der Waals surface area contributed by atoms with Gasteiger partial charge in [0, 0.05) is 0 Å². The first-order valence-electron chi connectivity index (χ1n) is 7.93. The van der Waals surface area contributed by atoms with E-state index in [1.807, 2.05) is 24.3 Å². The number of hydrogen-bond donors (Lipinski definition) is 0. The van der Waals surface area contributed by atoms with Crippen molar-refractivity contribution < 1.29 is 23.8 Å². The fourth-order valence-corrected chi connectivity index (χ4v) is 2.58. The monoisotopic (exact) mass is 354 g/mol. The van der Waals surface area contributed by atoms with E-state index in [4.69, 9.17) is 14.2 Å². The van der Waals surface area contributed by atoms with Crippen LogP contribution in [0.3, 0.4) is 0 Å². The number of carbonyl (C=O) groups excluding carboxylic acids is 2. The van der Waals surface area contributed by atoms with Gasteiger partial charge >= 0.3 is 5.97 Å². The van der Waals surface area contributed by atoms with Crippen LogP contribution in [0, 0.1) is 0 Å². The highest BCUT2D eigenvalue weighted by Crippen LogP contribution is 2.24. The molecule has 7 heteroatoms. The number of benzene rings is 2. The molecule has 3 rings (SSSR count). The molecule has 26 heavy (non-hydrogen) atoms. The number of Topliss-reactive ketones (excluding diaryl/α,β-unsaturated/α-hetero) is 1. The number of imidazole rings is 1. The first kappa shape index (κ1) is 17.5. The highest BCUT2D eigenvalue weighted by Gasteiger charge is 2.16. The predicted octanol–water partition coefficient (Wildman–Crippen LogP) is 2.48. The standard InChI is InChI=1S/C19H18N2O5/c1-24-13-7-8-18(25-2)14(9-13)17(22)11-26-19(23)10-21-12-20-15-5-3-4-6-16(15)21/h3-9,12H,10-11H2,1-2H3. The highest BCUT2D eigenvalue weighted by atomic mass is 16.5. The lowest BCUT2D eigenvalue weighted by molar-refractivity contribution is -0.143. The molecule has 0 amide bonds. The maximum Gasteiger partial charge on any atom is 0.326 e. The minimum absolute atomic E-state index is 0.0248. The van der Waals surface area contributed by atoms with Crippen molar-refractivity contribution in [2.45, 2.75) is 6.54 Å². The average molecular weight is 354 g/mol. The Hall–Kier alpha value is -3.35. The van der Waals surface area contributed by atoms with Gasteiger partial charge < -0.3 is 18.8 Å². The molecule has 0 spiro atoms. The summed E-state index contributed by atoms with van der Waals surface area (Å²) < 4.78 is 17.1. The Morgan fingerprint density at radius 3 is 2.65 bits per heavy atom. The number of para-hydroxylation sites is 2. The molecule has 3 aromatic rings. The van der Waals surface area contributed by atoms with Crippen LogP contribution in [-0.4, -0.2) is 42.1 Å². The molecule has 0 aliphatic rings. The molecule has 0 fully saturated rings. The maximum atomic E-state index is 12.4. The smallest absolute Gasteiger partial charge is 0.326 e. The number of ketones is 1. The van der Waals surface area contributed by atoms with Crippen LogP contribution in [0.2, 0.25) is 0 Å². The summed E-state index contributed by atoms with van der Waals surface area (Å²) in [6, 6.07) is 12.3. The largest absolute Gasteiger partial charge is 0.497 e. The average Bonchev–Trinajstić information content (AvgIpc) is 3.08. The SMILES string of the molecule is COc1ccc(OC)c(C(=O)COC(=O)Cn2cnc3ccccc32)c1. The Labute approximate surface area is 150 Å². The van der Waals surface area contributed by atoms with Gasteiger partial charge in [-0.05, 0) is 30.3 Å². The quantitative estimate of drug-likeness (QED) is 0.479. The van der Waals surface area contributed by atoms with Gasteiger partial charge in [-0.2, -0.15) is 0 Å². The van der Waals surface area contributed by atoms with Gasteiger partial charge in [0.2, 0.25) is 5.78 Å². The number of ether oxygens (including phenoxy) is 3. The topological polar surface area (TPSA) is 79.7 Å². The van der Waals surface area contributed by atoms with E-state index in [9.17, 15) is 9.59 Å². The minimum atomic E-state index is -0.525. The molecule has 134 valence electrons. The molecule has 0 unspecified atom stereocenters. The molecule has 0 aliphatic carbocycles. The summed E-state index contributed by atoms with van der Waals surface area (Å²) in [7, 11) is 2.97. The van der Waals surface area contributed by atoms with Gasteiger partial charge in [-0.25, -0.2) is 4.98 Å². The normalized spacial score (nSPS) is 10.5. The second-order valence-electron chi connectivity index (χ2n) is 5.51. The van der Waals surface area contributed by atoms with Crippen LogP contribution in [0.1, 0.15) is 10.4 Å². The van der Waals surface area contributed by atoms with Crippen molar-refractivity contribution in [1.29, 1.82) is 0 Å². The number of methoxy groups -OCH3 is 2. The van der Waals surface area contributed by atoms with Crippen molar-refractivity contribution in [3.63, 3.8) is 0 Å². The van der Waals surface area contributed by atoms with Gasteiger partial charge in [0.1, 0.15) is 18.0 Å². The van der Waals surface area contributed by atoms with Gasteiger partial charge in [-0.1, -0.05) is 12.1 Å². The lowest BCUT2D eigenvalue weighted by Gasteiger charge is -2.10. The van der Waals surface area contributed by atoms with Gasteiger partial charge in [0.25, 0.3) is 0 Å². The van der Waals surface area contributed by atoms with Crippen LogP contribution in [-0.2, 0) is 16.1 Å². The molecule has 0 atom stereocenters. The van der Waals surface area contributed by atoms with Crippen LogP contribution in [0.4, 0.5) is 0 Å². The van der Waals surface area contributed by atoms with E-state index in [2.05, 4.69) is 4.98 Å². The molecule has 0 saturated heterocycles. The van der Waals surface area contributed by atoms with Crippen LogP contribution < -0.4 is 9.47 Å². The van der Waals surface area contributed by atoms with E-state index in [0.717, 1.165) is 11.0 Å². The Morgan fingerprint density at radius 1 is 1.08 bits per heavy atom. The number of carbonyl (C=O) groups is 2. The lowest BCUT2D eigenvalue weighted by atomic mass is 10.1. The predicted molar refractivity (Wildman–Crippen MR) is 94.6 cm³/mol. The van der Waals surface area contributed by atoms with E-state index in [0.29, 0.717) is 17.1 Å². The third kappa shape index (κ3) is 3.66. The van der Waals surface area contributed by atoms with Crippen molar-refractivity contribution in [3.8, 4) is 11.5 Å². The fourth-order valence-electron chi connectivity index (χ4n) is 2.58. The first-order valence-corrected chi connectivity index (χ1v) is 7.93. The minimum Gasteiger partial charge on any atom is -0.497 e. The Balaban J connectivity index is 1.65. The van der Waals surface area contributed by atoms with E-state index in [-0.39, 0.29) is 18.9 Å². The molecule has 0 saturated carbocycles. The molecule has 1 aromatic heterocycles. The summed E-state index contributed by atoms with van der Waals surface area (Å²) in [6.45, 7) is -0.405. The fraction of sp³-hybridized carbons (Fsp3) is 0.211. The number of nitrogens with zero attached hydrogens (tertiary/aromatic N) is 2. The van der Waals surface area contributed by atoms with Crippen molar-refractivity contribution in [2.75, 3.05) is 20.8 Å². The van der Waals surface area contributed by atoms with E-state index in [1.54, 1.807) is 29.1 Å². The Kier molecular flexibility index (Phi) is 5.17. The summed E-state index contributed by atoms with van der Waals surface area (Å²) in [5.41, 5.74) is 1.91. The molecule has 7 nitrogen and oxygen atoms in total. The Bertz CT molecular complexity index is 948. The molecule has 1 heterocycles. The molecule has 2 aromatic carbocycles. The Morgan fingerprint density at radius 2 is 1.88 bits per heavy atom. The second-order valence-corrected chi connectivity index (χ2v) is 5.51. The van der Waals surface area contributed by atoms with Gasteiger partial charge in [0.15, 0.2) is 6.61 Å². The number of hydrogen-bond acceptors (Lipinski definition) is 6. The van der Waals surface area contributed by atoms with Crippen molar-refractivity contribution in [1.82, 2.24) is 9.55 Å².